The van der Waals surface area contributed by atoms with Gasteiger partial charge in [-0.3, -0.25) is 9.59 Å². The van der Waals surface area contributed by atoms with Gasteiger partial charge >= 0.3 is 6.09 Å². The van der Waals surface area contributed by atoms with E-state index in [0.717, 1.165) is 0 Å². The largest absolute Gasteiger partial charge is 0.494 e. The Balaban J connectivity index is 1.20. The third-order valence-electron chi connectivity index (χ3n) is 7.35. The first-order chi connectivity index (χ1) is 19.8. The summed E-state index contributed by atoms with van der Waals surface area (Å²) >= 11 is 6.39. The lowest BCUT2D eigenvalue weighted by Gasteiger charge is -2.26. The zero-order chi connectivity index (χ0) is 30.5. The van der Waals surface area contributed by atoms with E-state index in [2.05, 4.69) is 15.6 Å². The highest BCUT2D eigenvalue weighted by atomic mass is 35.5. The highest BCUT2D eigenvalue weighted by Gasteiger charge is 2.58. The van der Waals surface area contributed by atoms with Gasteiger partial charge in [0.1, 0.15) is 5.60 Å². The van der Waals surface area contributed by atoms with Crippen LogP contribution in [0.5, 0.6) is 5.75 Å². The number of carbonyl (C=O) groups excluding carboxylic acids is 3. The summed E-state index contributed by atoms with van der Waals surface area (Å²) in [5.41, 5.74) is 0.0720. The minimum absolute atomic E-state index is 0.0562. The Morgan fingerprint density at radius 3 is 2.36 bits per heavy atom. The number of hydrogen-bond donors (Lipinski definition) is 2. The van der Waals surface area contributed by atoms with E-state index in [-0.39, 0.29) is 63.3 Å². The molecule has 0 bridgehead atoms. The second kappa shape index (κ2) is 10.9. The number of amides is 3. The number of benzene rings is 2. The minimum Gasteiger partial charge on any atom is -0.494 e. The van der Waals surface area contributed by atoms with E-state index in [0.29, 0.717) is 18.8 Å². The van der Waals surface area contributed by atoms with Gasteiger partial charge < -0.3 is 29.6 Å². The van der Waals surface area contributed by atoms with Crippen molar-refractivity contribution in [2.45, 2.75) is 32.4 Å². The average Bonchev–Trinajstić information content (AvgIpc) is 3.22. The van der Waals surface area contributed by atoms with Crippen LogP contribution in [-0.4, -0.2) is 64.2 Å². The van der Waals surface area contributed by atoms with Crippen molar-refractivity contribution in [3.05, 3.63) is 64.6 Å². The van der Waals surface area contributed by atoms with E-state index in [4.69, 9.17) is 21.1 Å². The van der Waals surface area contributed by atoms with E-state index >= 15 is 0 Å². The molecule has 0 spiro atoms. The first kappa shape index (κ1) is 29.3. The maximum Gasteiger partial charge on any atom is 0.410 e. The van der Waals surface area contributed by atoms with Crippen molar-refractivity contribution in [1.29, 1.82) is 0 Å². The van der Waals surface area contributed by atoms with E-state index in [1.807, 2.05) is 20.8 Å². The van der Waals surface area contributed by atoms with Gasteiger partial charge in [-0.2, -0.15) is 4.39 Å². The average molecular weight is 602 g/mol. The number of imidazole rings is 1. The minimum atomic E-state index is -1.14. The van der Waals surface area contributed by atoms with Crippen molar-refractivity contribution in [1.82, 2.24) is 19.8 Å². The lowest BCUT2D eigenvalue weighted by Crippen LogP contribution is -2.40. The molecule has 2 unspecified atom stereocenters. The molecule has 1 aliphatic carbocycles. The number of carbonyl (C=O) groups is 3. The zero-order valence-electron chi connectivity index (χ0n) is 23.6. The second-order valence-electron chi connectivity index (χ2n) is 11.3. The molecule has 2 aliphatic rings. The van der Waals surface area contributed by atoms with E-state index in [1.165, 1.54) is 55.3 Å². The van der Waals surface area contributed by atoms with Crippen LogP contribution in [0.3, 0.4) is 0 Å². The molecule has 13 heteroatoms. The summed E-state index contributed by atoms with van der Waals surface area (Å²) in [6.45, 7) is 6.47. The van der Waals surface area contributed by atoms with Crippen LogP contribution < -0.4 is 15.4 Å². The Kier molecular flexibility index (Phi) is 7.61. The molecule has 2 N–H and O–H groups in total. The summed E-state index contributed by atoms with van der Waals surface area (Å²) in [5, 5.41) is 5.76. The Morgan fingerprint density at radius 1 is 1.05 bits per heavy atom. The van der Waals surface area contributed by atoms with Crippen LogP contribution in [0.2, 0.25) is 5.02 Å². The van der Waals surface area contributed by atoms with Crippen LogP contribution >= 0.6 is 11.6 Å². The first-order valence-corrected chi connectivity index (χ1v) is 13.6. The van der Waals surface area contributed by atoms with Crippen molar-refractivity contribution in [2.75, 3.05) is 25.5 Å². The van der Waals surface area contributed by atoms with Gasteiger partial charge in [0.25, 0.3) is 11.8 Å². The number of aromatic nitrogens is 2. The number of likely N-dealkylation sites (tertiary alicyclic amines) is 1. The predicted molar refractivity (Wildman–Crippen MR) is 151 cm³/mol. The van der Waals surface area contributed by atoms with Gasteiger partial charge in [0.05, 0.1) is 29.6 Å². The molecular formula is C29H30ClF2N5O5. The van der Waals surface area contributed by atoms with Crippen LogP contribution in [0, 0.1) is 23.5 Å². The molecule has 2 heterocycles. The molecule has 5 rings (SSSR count). The number of rotatable bonds is 6. The number of ether oxygens (including phenoxy) is 2. The van der Waals surface area contributed by atoms with Crippen molar-refractivity contribution in [3.63, 3.8) is 0 Å². The lowest BCUT2D eigenvalue weighted by atomic mass is 10.1. The third kappa shape index (κ3) is 5.63. The molecule has 222 valence electrons. The maximum absolute atomic E-state index is 14.6. The smallest absolute Gasteiger partial charge is 0.410 e. The quantitative estimate of drug-likeness (QED) is 0.416. The highest BCUT2D eigenvalue weighted by molar-refractivity contribution is 6.34. The van der Waals surface area contributed by atoms with Crippen LogP contribution in [0.1, 0.15) is 41.7 Å². The summed E-state index contributed by atoms with van der Waals surface area (Å²) < 4.78 is 40.4. The molecule has 2 atom stereocenters. The number of hydrogen-bond acceptors (Lipinski definition) is 6. The monoisotopic (exact) mass is 601 g/mol. The highest BCUT2D eigenvalue weighted by Crippen LogP contribution is 2.46. The Hall–Kier alpha value is -4.19. The van der Waals surface area contributed by atoms with E-state index in [1.54, 1.807) is 4.90 Å². The Morgan fingerprint density at radius 2 is 1.74 bits per heavy atom. The Labute approximate surface area is 245 Å². The van der Waals surface area contributed by atoms with E-state index < -0.39 is 23.1 Å². The van der Waals surface area contributed by atoms with Gasteiger partial charge in [-0.15, -0.1) is 0 Å². The normalized spacial score (nSPS) is 19.2. The summed E-state index contributed by atoms with van der Waals surface area (Å²) in [4.78, 5) is 43.9. The Bertz CT molecular complexity index is 1580. The van der Waals surface area contributed by atoms with Gasteiger partial charge in [-0.05, 0) is 51.1 Å². The molecule has 2 fully saturated rings. The third-order valence-corrected chi connectivity index (χ3v) is 7.66. The van der Waals surface area contributed by atoms with Gasteiger partial charge in [0.2, 0.25) is 5.82 Å². The predicted octanol–water partition coefficient (Wildman–Crippen LogP) is 4.87. The lowest BCUT2D eigenvalue weighted by molar-refractivity contribution is 0.0269. The van der Waals surface area contributed by atoms with Gasteiger partial charge in [-0.1, -0.05) is 11.6 Å². The number of fused-ring (bicyclic) bond motifs is 1. The molecule has 1 saturated carbocycles. The van der Waals surface area contributed by atoms with Crippen molar-refractivity contribution < 1.29 is 32.6 Å². The molecule has 10 nitrogen and oxygen atoms in total. The number of methoxy groups -OCH3 is 1. The van der Waals surface area contributed by atoms with Crippen LogP contribution in [0.15, 0.2) is 36.5 Å². The SMILES string of the molecule is COc1ccc(-c2cnc(C(=O)Nc3ccc(C(=O)NC4C5CN(C(=O)OC(C)(C)C)CC54)c(Cl)c3)n2C)c(F)c1F. The maximum atomic E-state index is 14.6. The standard InChI is InChI=1S/C29H30ClF2N5O5/c1-29(2,3)42-28(40)37-12-17-18(13-37)24(17)35-26(38)15-7-6-14(10-19(15)30)34-27(39)25-33-11-20(36(25)4)16-8-9-21(41-5)23(32)22(16)31/h6-11,17-18,24H,12-13H2,1-5H3,(H,34,39)(H,35,38). The van der Waals surface area contributed by atoms with Crippen molar-refractivity contribution >= 4 is 35.2 Å². The molecule has 0 radical (unpaired) electrons. The molecule has 3 aromatic rings. The topological polar surface area (TPSA) is 115 Å². The van der Waals surface area contributed by atoms with Crippen LogP contribution in [0.25, 0.3) is 11.3 Å². The second-order valence-corrected chi connectivity index (χ2v) is 11.7. The summed E-state index contributed by atoms with van der Waals surface area (Å²) in [5.74, 6) is -3.23. The molecule has 2 aromatic carbocycles. The fraction of sp³-hybridized carbons (Fsp3) is 0.379. The summed E-state index contributed by atoms with van der Waals surface area (Å²) in [7, 11) is 2.73. The van der Waals surface area contributed by atoms with Crippen molar-refractivity contribution in [3.8, 4) is 17.0 Å². The van der Waals surface area contributed by atoms with Crippen LogP contribution in [0.4, 0.5) is 19.3 Å². The fourth-order valence-electron chi connectivity index (χ4n) is 5.17. The zero-order valence-corrected chi connectivity index (χ0v) is 24.4. The number of nitrogens with zero attached hydrogens (tertiary/aromatic N) is 3. The van der Waals surface area contributed by atoms with Gasteiger partial charge in [0, 0.05) is 49.3 Å². The number of halogens is 3. The number of nitrogens with one attached hydrogen (secondary N) is 2. The summed E-state index contributed by atoms with van der Waals surface area (Å²) in [6, 6.07) is 7.03. The fourth-order valence-corrected chi connectivity index (χ4v) is 5.43. The molecule has 1 aromatic heterocycles. The molecule has 1 aliphatic heterocycles. The van der Waals surface area contributed by atoms with Crippen LogP contribution in [-0.2, 0) is 11.8 Å². The summed E-state index contributed by atoms with van der Waals surface area (Å²) in [6.07, 6.45) is 0.906. The van der Waals surface area contributed by atoms with Gasteiger partial charge in [0.15, 0.2) is 17.4 Å². The molecule has 42 heavy (non-hydrogen) atoms. The van der Waals surface area contributed by atoms with Crippen molar-refractivity contribution in [2.24, 2.45) is 18.9 Å². The van der Waals surface area contributed by atoms with E-state index in [9.17, 15) is 23.2 Å². The first-order valence-electron chi connectivity index (χ1n) is 13.2. The van der Waals surface area contributed by atoms with Gasteiger partial charge in [-0.25, -0.2) is 14.2 Å². The number of anilines is 1. The molecular weight excluding hydrogens is 572 g/mol. The molecule has 1 saturated heterocycles. The molecule has 3 amide bonds. The number of piperidine rings is 1.